The fraction of sp³-hybridized carbons (Fsp3) is 0.438. The molecule has 2 nitrogen and oxygen atoms in total. The Labute approximate surface area is 124 Å². The van der Waals surface area contributed by atoms with Crippen LogP contribution in [0.15, 0.2) is 36.4 Å². The van der Waals surface area contributed by atoms with E-state index in [1.54, 1.807) is 0 Å². The van der Waals surface area contributed by atoms with E-state index in [0.29, 0.717) is 5.92 Å². The van der Waals surface area contributed by atoms with E-state index in [-0.39, 0.29) is 0 Å². The van der Waals surface area contributed by atoms with Crippen LogP contribution in [-0.4, -0.2) is 15.1 Å². The number of hydrogen-bond acceptors (Lipinski definition) is 1. The highest BCUT2D eigenvalue weighted by Crippen LogP contribution is 2.21. The van der Waals surface area contributed by atoms with Gasteiger partial charge in [0.15, 0.2) is 0 Å². The predicted molar refractivity (Wildman–Crippen MR) is 84.0 cm³/mol. The zero-order valence-electron chi connectivity index (χ0n) is 11.6. The number of hydrogen-bond donors (Lipinski definition) is 0. The average molecular weight is 321 g/mol. The van der Waals surface area contributed by atoms with Crippen molar-refractivity contribution >= 4 is 15.9 Å². The molecule has 3 heteroatoms. The van der Waals surface area contributed by atoms with E-state index in [4.69, 9.17) is 5.10 Å². The topological polar surface area (TPSA) is 17.8 Å². The Morgan fingerprint density at radius 1 is 1.16 bits per heavy atom. The number of nitrogens with zero attached hydrogens (tertiary/aromatic N) is 2. The van der Waals surface area contributed by atoms with Crippen LogP contribution in [0.2, 0.25) is 0 Å². The number of halogens is 1. The molecule has 2 aromatic rings. The molecule has 1 atom stereocenters. The van der Waals surface area contributed by atoms with Gasteiger partial charge in [0, 0.05) is 23.5 Å². The van der Waals surface area contributed by atoms with Crippen LogP contribution in [-0.2, 0) is 19.4 Å². The maximum atomic E-state index is 4.71. The summed E-state index contributed by atoms with van der Waals surface area (Å²) in [5.41, 5.74) is 3.90. The minimum absolute atomic E-state index is 0.469. The Bertz CT molecular complexity index is 505. The van der Waals surface area contributed by atoms with Gasteiger partial charge >= 0.3 is 0 Å². The van der Waals surface area contributed by atoms with Crippen molar-refractivity contribution in [2.75, 3.05) is 5.33 Å². The van der Waals surface area contributed by atoms with Crippen LogP contribution >= 0.6 is 15.9 Å². The summed E-state index contributed by atoms with van der Waals surface area (Å²) in [7, 11) is 0. The van der Waals surface area contributed by atoms with Crippen molar-refractivity contribution in [2.45, 2.75) is 39.2 Å². The van der Waals surface area contributed by atoms with E-state index in [0.717, 1.165) is 24.7 Å². The number of rotatable bonds is 6. The van der Waals surface area contributed by atoms with Crippen molar-refractivity contribution in [1.82, 2.24) is 9.78 Å². The summed E-state index contributed by atoms with van der Waals surface area (Å²) < 4.78 is 2.18. The summed E-state index contributed by atoms with van der Waals surface area (Å²) in [6.45, 7) is 5.29. The van der Waals surface area contributed by atoms with Gasteiger partial charge < -0.3 is 0 Å². The van der Waals surface area contributed by atoms with Gasteiger partial charge in [0.25, 0.3) is 0 Å². The highest BCUT2D eigenvalue weighted by molar-refractivity contribution is 9.09. The fourth-order valence-electron chi connectivity index (χ4n) is 2.31. The highest BCUT2D eigenvalue weighted by atomic mass is 79.9. The maximum Gasteiger partial charge on any atom is 0.0624 e. The summed E-state index contributed by atoms with van der Waals surface area (Å²) in [5, 5.41) is 5.67. The van der Waals surface area contributed by atoms with Crippen LogP contribution < -0.4 is 0 Å². The van der Waals surface area contributed by atoms with Gasteiger partial charge in [-0.25, -0.2) is 0 Å². The van der Waals surface area contributed by atoms with E-state index >= 15 is 0 Å². The lowest BCUT2D eigenvalue weighted by Gasteiger charge is -2.16. The number of aryl methyl sites for hydroxylation is 2. The quantitative estimate of drug-likeness (QED) is 0.730. The second-order valence-electron chi connectivity index (χ2n) is 4.78. The van der Waals surface area contributed by atoms with Crippen molar-refractivity contribution in [3.05, 3.63) is 53.3 Å². The third-order valence-corrected chi connectivity index (χ3v) is 4.27. The van der Waals surface area contributed by atoms with Crippen LogP contribution in [0.1, 0.15) is 36.7 Å². The normalized spacial score (nSPS) is 12.6. The van der Waals surface area contributed by atoms with E-state index in [1.807, 2.05) is 0 Å². The molecule has 0 amide bonds. The predicted octanol–water partition coefficient (Wildman–Crippen LogP) is 4.19. The SMILES string of the molecule is CCc1cc(CC)n(CC(CBr)c2ccccc2)n1. The van der Waals surface area contributed by atoms with E-state index in [2.05, 4.69) is 70.9 Å². The van der Waals surface area contributed by atoms with Crippen molar-refractivity contribution < 1.29 is 0 Å². The zero-order chi connectivity index (χ0) is 13.7. The first-order chi connectivity index (χ1) is 9.28. The summed E-state index contributed by atoms with van der Waals surface area (Å²) in [5.74, 6) is 0.469. The van der Waals surface area contributed by atoms with Crippen LogP contribution in [0, 0.1) is 0 Å². The van der Waals surface area contributed by atoms with Crippen molar-refractivity contribution in [1.29, 1.82) is 0 Å². The lowest BCUT2D eigenvalue weighted by Crippen LogP contribution is -2.14. The Balaban J connectivity index is 2.21. The van der Waals surface area contributed by atoms with Gasteiger partial charge in [-0.1, -0.05) is 60.1 Å². The monoisotopic (exact) mass is 320 g/mol. The molecule has 0 bridgehead atoms. The molecule has 1 aromatic carbocycles. The molecule has 1 heterocycles. The second kappa shape index (κ2) is 6.90. The summed E-state index contributed by atoms with van der Waals surface area (Å²) in [6, 6.07) is 12.9. The van der Waals surface area contributed by atoms with Gasteiger partial charge in [0.2, 0.25) is 0 Å². The first kappa shape index (κ1) is 14.3. The third kappa shape index (κ3) is 3.47. The average Bonchev–Trinajstić information content (AvgIpc) is 2.87. The molecule has 102 valence electrons. The first-order valence-corrected chi connectivity index (χ1v) is 8.07. The number of alkyl halides is 1. The smallest absolute Gasteiger partial charge is 0.0624 e. The summed E-state index contributed by atoms with van der Waals surface area (Å²) >= 11 is 3.64. The molecule has 0 aliphatic heterocycles. The van der Waals surface area contributed by atoms with Crippen molar-refractivity contribution in [3.8, 4) is 0 Å². The highest BCUT2D eigenvalue weighted by Gasteiger charge is 2.14. The van der Waals surface area contributed by atoms with Gasteiger partial charge in [0.1, 0.15) is 0 Å². The number of benzene rings is 1. The fourth-order valence-corrected chi connectivity index (χ4v) is 2.89. The molecule has 0 saturated carbocycles. The zero-order valence-corrected chi connectivity index (χ0v) is 13.2. The van der Waals surface area contributed by atoms with E-state index in [9.17, 15) is 0 Å². The first-order valence-electron chi connectivity index (χ1n) is 6.95. The molecule has 0 spiro atoms. The maximum absolute atomic E-state index is 4.71. The molecular weight excluding hydrogens is 300 g/mol. The molecule has 19 heavy (non-hydrogen) atoms. The molecule has 1 aromatic heterocycles. The molecular formula is C16H21BrN2. The van der Waals surface area contributed by atoms with Crippen LogP contribution in [0.4, 0.5) is 0 Å². The Hall–Kier alpha value is -1.09. The second-order valence-corrected chi connectivity index (χ2v) is 5.43. The van der Waals surface area contributed by atoms with Gasteiger partial charge in [0.05, 0.1) is 5.69 Å². The largest absolute Gasteiger partial charge is 0.269 e. The Kier molecular flexibility index (Phi) is 5.20. The van der Waals surface area contributed by atoms with Crippen molar-refractivity contribution in [3.63, 3.8) is 0 Å². The van der Waals surface area contributed by atoms with E-state index < -0.39 is 0 Å². The molecule has 0 saturated heterocycles. The molecule has 0 aliphatic carbocycles. The summed E-state index contributed by atoms with van der Waals surface area (Å²) in [4.78, 5) is 0. The Morgan fingerprint density at radius 2 is 1.89 bits per heavy atom. The summed E-state index contributed by atoms with van der Waals surface area (Å²) in [6.07, 6.45) is 2.04. The van der Waals surface area contributed by atoms with Gasteiger partial charge in [-0.15, -0.1) is 0 Å². The van der Waals surface area contributed by atoms with Crippen LogP contribution in [0.5, 0.6) is 0 Å². The number of aromatic nitrogens is 2. The minimum Gasteiger partial charge on any atom is -0.269 e. The lowest BCUT2D eigenvalue weighted by atomic mass is 10.0. The van der Waals surface area contributed by atoms with Crippen LogP contribution in [0.3, 0.4) is 0 Å². The molecule has 0 aliphatic rings. The molecule has 2 rings (SSSR count). The van der Waals surface area contributed by atoms with Gasteiger partial charge in [-0.05, 0) is 24.5 Å². The van der Waals surface area contributed by atoms with Crippen molar-refractivity contribution in [2.24, 2.45) is 0 Å². The standard InChI is InChI=1S/C16H21BrN2/c1-3-15-10-16(4-2)19(18-15)12-14(11-17)13-8-6-5-7-9-13/h5-10,14H,3-4,11-12H2,1-2H3. The third-order valence-electron chi connectivity index (χ3n) is 3.49. The van der Waals surface area contributed by atoms with Gasteiger partial charge in [-0.3, -0.25) is 4.68 Å². The lowest BCUT2D eigenvalue weighted by molar-refractivity contribution is 0.526. The van der Waals surface area contributed by atoms with Gasteiger partial charge in [-0.2, -0.15) is 5.10 Å². The molecule has 0 fully saturated rings. The molecule has 1 unspecified atom stereocenters. The molecule has 0 N–H and O–H groups in total. The molecule has 0 radical (unpaired) electrons. The Morgan fingerprint density at radius 3 is 2.47 bits per heavy atom. The van der Waals surface area contributed by atoms with Crippen LogP contribution in [0.25, 0.3) is 0 Å². The minimum atomic E-state index is 0.469. The van der Waals surface area contributed by atoms with E-state index in [1.165, 1.54) is 17.0 Å².